The highest BCUT2D eigenvalue weighted by atomic mass is 16.5. The van der Waals surface area contributed by atoms with Gasteiger partial charge >= 0.3 is 0 Å². The summed E-state index contributed by atoms with van der Waals surface area (Å²) in [5.74, 6) is 0.577. The second-order valence-corrected chi connectivity index (χ2v) is 5.42. The van der Waals surface area contributed by atoms with Gasteiger partial charge in [-0.05, 0) is 25.0 Å². The summed E-state index contributed by atoms with van der Waals surface area (Å²) < 4.78 is 5.77. The van der Waals surface area contributed by atoms with Gasteiger partial charge < -0.3 is 20.1 Å². The van der Waals surface area contributed by atoms with Gasteiger partial charge in [-0.1, -0.05) is 18.2 Å². The summed E-state index contributed by atoms with van der Waals surface area (Å²) in [6, 6.07) is 3.63. The number of hydrogen-bond donors (Lipinski definition) is 3. The highest BCUT2D eigenvalue weighted by Crippen LogP contribution is 2.39. The predicted octanol–water partition coefficient (Wildman–Crippen LogP) is 1.47. The summed E-state index contributed by atoms with van der Waals surface area (Å²) in [6.07, 6.45) is 0.820. The zero-order valence-electron chi connectivity index (χ0n) is 11.3. The van der Waals surface area contributed by atoms with Crippen LogP contribution in [0.25, 0.3) is 0 Å². The van der Waals surface area contributed by atoms with E-state index in [9.17, 15) is 15.3 Å². The van der Waals surface area contributed by atoms with E-state index in [1.807, 2.05) is 6.07 Å². The van der Waals surface area contributed by atoms with Gasteiger partial charge in [-0.2, -0.15) is 0 Å². The Bertz CT molecular complexity index is 488. The van der Waals surface area contributed by atoms with Crippen molar-refractivity contribution in [1.29, 1.82) is 0 Å². The number of hydrogen-bond acceptors (Lipinski definition) is 4. The van der Waals surface area contributed by atoms with Gasteiger partial charge in [0.15, 0.2) is 0 Å². The van der Waals surface area contributed by atoms with Crippen molar-refractivity contribution in [1.82, 2.24) is 0 Å². The minimum Gasteiger partial charge on any atom is -0.486 e. The van der Waals surface area contributed by atoms with E-state index in [0.29, 0.717) is 23.3 Å². The summed E-state index contributed by atoms with van der Waals surface area (Å²) in [6.45, 7) is 6.72. The van der Waals surface area contributed by atoms with E-state index >= 15 is 0 Å². The largest absolute Gasteiger partial charge is 0.486 e. The SMILES string of the molecule is C=C[C@@H](O)c1ccc2c(c1CO)O[C@@H](C(C)(C)O)C2. The van der Waals surface area contributed by atoms with Crippen LogP contribution < -0.4 is 4.74 Å². The molecule has 0 saturated heterocycles. The zero-order valence-corrected chi connectivity index (χ0v) is 11.3. The second-order valence-electron chi connectivity index (χ2n) is 5.42. The Morgan fingerprint density at radius 1 is 1.53 bits per heavy atom. The molecular formula is C15H20O4. The van der Waals surface area contributed by atoms with E-state index in [2.05, 4.69) is 6.58 Å². The fraction of sp³-hybridized carbons (Fsp3) is 0.467. The summed E-state index contributed by atoms with van der Waals surface area (Å²) in [7, 11) is 0. The average Bonchev–Trinajstić information content (AvgIpc) is 2.80. The molecule has 3 N–H and O–H groups in total. The van der Waals surface area contributed by atoms with Crippen LogP contribution in [-0.4, -0.2) is 27.0 Å². The first-order valence-electron chi connectivity index (χ1n) is 6.33. The van der Waals surface area contributed by atoms with Crippen LogP contribution in [0.1, 0.15) is 36.6 Å². The van der Waals surface area contributed by atoms with Crippen molar-refractivity contribution in [2.75, 3.05) is 0 Å². The molecule has 1 aromatic carbocycles. The standard InChI is InChI=1S/C15H20O4/c1-4-12(17)10-6-5-9-7-13(15(2,3)18)19-14(9)11(10)8-16/h4-6,12-13,16-18H,1,7-8H2,2-3H3/t12-,13-/m1/s1. The number of ether oxygens (including phenoxy) is 1. The predicted molar refractivity (Wildman–Crippen MR) is 71.9 cm³/mol. The fourth-order valence-corrected chi connectivity index (χ4v) is 2.34. The third kappa shape index (κ3) is 2.52. The van der Waals surface area contributed by atoms with Gasteiger partial charge in [-0.3, -0.25) is 0 Å². The Labute approximate surface area is 113 Å². The molecule has 4 heteroatoms. The highest BCUT2D eigenvalue weighted by Gasteiger charge is 2.36. The van der Waals surface area contributed by atoms with Crippen LogP contribution in [0.15, 0.2) is 24.8 Å². The van der Waals surface area contributed by atoms with E-state index in [4.69, 9.17) is 4.74 Å². The monoisotopic (exact) mass is 264 g/mol. The van der Waals surface area contributed by atoms with Crippen molar-refractivity contribution < 1.29 is 20.1 Å². The first-order chi connectivity index (χ1) is 8.88. The normalized spacial score (nSPS) is 19.7. The van der Waals surface area contributed by atoms with Crippen molar-refractivity contribution >= 4 is 0 Å². The molecule has 1 aromatic rings. The van der Waals surface area contributed by atoms with Crippen LogP contribution in [-0.2, 0) is 13.0 Å². The maximum absolute atomic E-state index is 10.0. The Morgan fingerprint density at radius 2 is 2.21 bits per heavy atom. The molecule has 0 aromatic heterocycles. The lowest BCUT2D eigenvalue weighted by molar-refractivity contribution is -0.0235. The maximum Gasteiger partial charge on any atom is 0.131 e. The summed E-state index contributed by atoms with van der Waals surface area (Å²) in [5.41, 5.74) is 1.14. The molecule has 0 unspecified atom stereocenters. The van der Waals surface area contributed by atoms with Crippen LogP contribution in [0.3, 0.4) is 0 Å². The Hall–Kier alpha value is -1.36. The molecule has 2 rings (SSSR count). The Morgan fingerprint density at radius 3 is 2.74 bits per heavy atom. The number of benzene rings is 1. The number of rotatable bonds is 4. The van der Waals surface area contributed by atoms with Gasteiger partial charge in [0.1, 0.15) is 11.9 Å². The molecule has 19 heavy (non-hydrogen) atoms. The minimum atomic E-state index is -0.955. The van der Waals surface area contributed by atoms with Crippen LogP contribution in [0.5, 0.6) is 5.75 Å². The first kappa shape index (κ1) is 14.1. The molecule has 0 radical (unpaired) electrons. The Balaban J connectivity index is 2.43. The van der Waals surface area contributed by atoms with E-state index in [1.165, 1.54) is 6.08 Å². The minimum absolute atomic E-state index is 0.220. The fourth-order valence-electron chi connectivity index (χ4n) is 2.34. The molecule has 0 saturated carbocycles. The molecule has 0 spiro atoms. The van der Waals surface area contributed by atoms with Gasteiger partial charge in [0.25, 0.3) is 0 Å². The van der Waals surface area contributed by atoms with Crippen LogP contribution in [0.4, 0.5) is 0 Å². The summed E-state index contributed by atoms with van der Waals surface area (Å²) in [5, 5.41) is 29.4. The molecule has 4 nitrogen and oxygen atoms in total. The van der Waals surface area contributed by atoms with Crippen molar-refractivity contribution in [2.45, 2.75) is 44.7 Å². The zero-order chi connectivity index (χ0) is 14.2. The van der Waals surface area contributed by atoms with Gasteiger partial charge in [-0.25, -0.2) is 0 Å². The number of aliphatic hydroxyl groups excluding tert-OH is 2. The van der Waals surface area contributed by atoms with Crippen molar-refractivity contribution in [2.24, 2.45) is 0 Å². The molecule has 1 heterocycles. The van der Waals surface area contributed by atoms with E-state index < -0.39 is 11.7 Å². The highest BCUT2D eigenvalue weighted by molar-refractivity contribution is 5.50. The summed E-state index contributed by atoms with van der Waals surface area (Å²) in [4.78, 5) is 0. The van der Waals surface area contributed by atoms with Gasteiger partial charge in [0, 0.05) is 12.0 Å². The quantitative estimate of drug-likeness (QED) is 0.720. The van der Waals surface area contributed by atoms with Crippen molar-refractivity contribution in [3.63, 3.8) is 0 Å². The van der Waals surface area contributed by atoms with Crippen LogP contribution in [0, 0.1) is 0 Å². The molecule has 0 bridgehead atoms. The van der Waals surface area contributed by atoms with Crippen molar-refractivity contribution in [3.05, 3.63) is 41.5 Å². The lowest BCUT2D eigenvalue weighted by Crippen LogP contribution is -2.39. The van der Waals surface area contributed by atoms with E-state index in [1.54, 1.807) is 19.9 Å². The third-order valence-electron chi connectivity index (χ3n) is 3.53. The lowest BCUT2D eigenvalue weighted by atomic mass is 9.94. The lowest BCUT2D eigenvalue weighted by Gasteiger charge is -2.25. The maximum atomic E-state index is 10.0. The van der Waals surface area contributed by atoms with E-state index in [-0.39, 0.29) is 12.7 Å². The summed E-state index contributed by atoms with van der Waals surface area (Å²) >= 11 is 0. The number of fused-ring (bicyclic) bond motifs is 1. The Kier molecular flexibility index (Phi) is 3.67. The smallest absolute Gasteiger partial charge is 0.131 e. The average molecular weight is 264 g/mol. The molecule has 1 aliphatic rings. The third-order valence-corrected chi connectivity index (χ3v) is 3.53. The first-order valence-corrected chi connectivity index (χ1v) is 6.33. The molecule has 0 aliphatic carbocycles. The molecule has 2 atom stereocenters. The van der Waals surface area contributed by atoms with Gasteiger partial charge in [-0.15, -0.1) is 6.58 Å². The van der Waals surface area contributed by atoms with Crippen LogP contribution in [0.2, 0.25) is 0 Å². The van der Waals surface area contributed by atoms with Crippen LogP contribution >= 0.6 is 0 Å². The molecule has 1 aliphatic heterocycles. The topological polar surface area (TPSA) is 69.9 Å². The molecular weight excluding hydrogens is 244 g/mol. The second kappa shape index (κ2) is 4.96. The van der Waals surface area contributed by atoms with E-state index in [0.717, 1.165) is 5.56 Å². The molecule has 0 fully saturated rings. The number of aliphatic hydroxyl groups is 3. The molecule has 104 valence electrons. The van der Waals surface area contributed by atoms with Crippen molar-refractivity contribution in [3.8, 4) is 5.75 Å². The molecule has 0 amide bonds. The van der Waals surface area contributed by atoms with Gasteiger partial charge in [0.2, 0.25) is 0 Å². The van der Waals surface area contributed by atoms with Gasteiger partial charge in [0.05, 0.1) is 18.3 Å².